The third-order valence-electron chi connectivity index (χ3n) is 2.90. The van der Waals surface area contributed by atoms with E-state index in [1.165, 1.54) is 31.2 Å². The van der Waals surface area contributed by atoms with Gasteiger partial charge in [-0.05, 0) is 42.5 Å². The predicted octanol–water partition coefficient (Wildman–Crippen LogP) is 4.23. The lowest BCUT2D eigenvalue weighted by Gasteiger charge is -2.13. The zero-order valence-electron chi connectivity index (χ0n) is 12.6. The minimum absolute atomic E-state index is 0.258. The van der Waals surface area contributed by atoms with Gasteiger partial charge in [-0.1, -0.05) is 11.8 Å². The number of hydrogen-bond donors (Lipinski definition) is 1. The van der Waals surface area contributed by atoms with Gasteiger partial charge in [0.25, 0.3) is 9.84 Å². The van der Waals surface area contributed by atoms with Gasteiger partial charge in [0.15, 0.2) is 0 Å². The number of carbonyl (C=O) groups excluding carboxylic acids is 1. The lowest BCUT2D eigenvalue weighted by Crippen LogP contribution is -2.24. The average Bonchev–Trinajstić information content (AvgIpc) is 2.49. The van der Waals surface area contributed by atoms with Crippen LogP contribution in [0.5, 0.6) is 0 Å². The van der Waals surface area contributed by atoms with E-state index < -0.39 is 26.1 Å². The molecule has 10 heteroatoms. The Labute approximate surface area is 145 Å². The van der Waals surface area contributed by atoms with Crippen LogP contribution in [0, 0.1) is 5.82 Å². The summed E-state index contributed by atoms with van der Waals surface area (Å²) in [5.41, 5.74) is -5.06. The monoisotopic (exact) mass is 393 g/mol. The fourth-order valence-corrected chi connectivity index (χ4v) is 3.96. The van der Waals surface area contributed by atoms with Crippen molar-refractivity contribution in [2.24, 2.45) is 0 Å². The molecule has 4 nitrogen and oxygen atoms in total. The van der Waals surface area contributed by atoms with E-state index in [2.05, 4.69) is 5.32 Å². The predicted molar refractivity (Wildman–Crippen MR) is 84.5 cm³/mol. The van der Waals surface area contributed by atoms with Crippen molar-refractivity contribution in [2.45, 2.75) is 27.1 Å². The van der Waals surface area contributed by atoms with Gasteiger partial charge in [-0.25, -0.2) is 12.8 Å². The summed E-state index contributed by atoms with van der Waals surface area (Å²) in [6.07, 6.45) is 0. The first-order chi connectivity index (χ1) is 11.5. The molecule has 2 aromatic carbocycles. The van der Waals surface area contributed by atoms with Crippen LogP contribution >= 0.6 is 11.8 Å². The van der Waals surface area contributed by atoms with Crippen LogP contribution in [0.2, 0.25) is 0 Å². The number of carbonyl (C=O) groups is 1. The van der Waals surface area contributed by atoms with Crippen LogP contribution in [0.15, 0.2) is 57.2 Å². The number of sulfone groups is 1. The number of nitrogens with one attached hydrogen (secondary N) is 1. The number of benzene rings is 2. The highest BCUT2D eigenvalue weighted by atomic mass is 32.2. The first-order valence-corrected chi connectivity index (χ1v) is 8.97. The Kier molecular flexibility index (Phi) is 5.43. The summed E-state index contributed by atoms with van der Waals surface area (Å²) in [4.78, 5) is 9.96. The van der Waals surface area contributed by atoms with Crippen molar-refractivity contribution in [2.75, 3.05) is 5.32 Å². The van der Waals surface area contributed by atoms with E-state index in [0.717, 1.165) is 23.9 Å². The Bertz CT molecular complexity index is 894. The second-order valence-corrected chi connectivity index (χ2v) is 7.87. The second kappa shape index (κ2) is 7.04. The molecule has 134 valence electrons. The van der Waals surface area contributed by atoms with Crippen molar-refractivity contribution in [1.82, 2.24) is 0 Å². The van der Waals surface area contributed by atoms with Crippen molar-refractivity contribution in [1.29, 1.82) is 0 Å². The van der Waals surface area contributed by atoms with Crippen molar-refractivity contribution in [3.8, 4) is 0 Å². The second-order valence-electron chi connectivity index (χ2n) is 4.85. The molecule has 0 aliphatic carbocycles. The topological polar surface area (TPSA) is 63.2 Å². The average molecular weight is 393 g/mol. The van der Waals surface area contributed by atoms with E-state index in [9.17, 15) is 30.8 Å². The van der Waals surface area contributed by atoms with E-state index in [0.29, 0.717) is 16.6 Å². The van der Waals surface area contributed by atoms with E-state index >= 15 is 0 Å². The van der Waals surface area contributed by atoms with Gasteiger partial charge in [0.1, 0.15) is 5.82 Å². The van der Waals surface area contributed by atoms with Crippen molar-refractivity contribution in [3.05, 3.63) is 48.3 Å². The summed E-state index contributed by atoms with van der Waals surface area (Å²) < 4.78 is 74.9. The smallest absolute Gasteiger partial charge is 0.326 e. The molecule has 0 heterocycles. The molecule has 0 fully saturated rings. The molecule has 0 unspecified atom stereocenters. The lowest BCUT2D eigenvalue weighted by atomic mass is 10.3. The lowest BCUT2D eigenvalue weighted by molar-refractivity contribution is -0.114. The number of amides is 1. The minimum atomic E-state index is -5.69. The van der Waals surface area contributed by atoms with Gasteiger partial charge >= 0.3 is 5.51 Å². The molecule has 0 saturated carbocycles. The van der Waals surface area contributed by atoms with Crippen LogP contribution in [-0.2, 0) is 14.6 Å². The zero-order valence-corrected chi connectivity index (χ0v) is 14.2. The summed E-state index contributed by atoms with van der Waals surface area (Å²) in [7, 11) is -5.69. The number of halogens is 4. The highest BCUT2D eigenvalue weighted by Gasteiger charge is 2.48. The Hall–Kier alpha value is -2.07. The zero-order chi connectivity index (χ0) is 18.8. The maximum Gasteiger partial charge on any atom is 0.501 e. The third-order valence-corrected chi connectivity index (χ3v) is 5.64. The van der Waals surface area contributed by atoms with Gasteiger partial charge in [-0.2, -0.15) is 13.2 Å². The molecule has 2 aromatic rings. The molecule has 25 heavy (non-hydrogen) atoms. The van der Waals surface area contributed by atoms with Gasteiger partial charge < -0.3 is 5.32 Å². The molecule has 0 spiro atoms. The Morgan fingerprint density at radius 2 is 1.68 bits per heavy atom. The molecule has 1 amide bonds. The standard InChI is InChI=1S/C15H11F4NO3S2/c1-9(21)20-11-3-5-12(6-4-11)24-13-7-2-10(16)8-14(13)25(22,23)15(17,18)19/h2-8H,1H3,(H,20,21). The van der Waals surface area contributed by atoms with E-state index in [1.807, 2.05) is 0 Å². The van der Waals surface area contributed by atoms with Crippen molar-refractivity contribution in [3.63, 3.8) is 0 Å². The Balaban J connectivity index is 2.39. The number of hydrogen-bond acceptors (Lipinski definition) is 4. The van der Waals surface area contributed by atoms with Gasteiger partial charge in [0, 0.05) is 22.4 Å². The summed E-state index contributed by atoms with van der Waals surface area (Å²) in [5.74, 6) is -1.38. The molecule has 2 rings (SSSR count). The number of anilines is 1. The molecule has 0 aromatic heterocycles. The molecule has 1 N–H and O–H groups in total. The quantitative estimate of drug-likeness (QED) is 0.790. The molecular formula is C15H11F4NO3S2. The third kappa shape index (κ3) is 4.51. The van der Waals surface area contributed by atoms with Gasteiger partial charge in [0.2, 0.25) is 5.91 Å². The Morgan fingerprint density at radius 1 is 1.08 bits per heavy atom. The van der Waals surface area contributed by atoms with Gasteiger partial charge in [-0.15, -0.1) is 0 Å². The van der Waals surface area contributed by atoms with Crippen molar-refractivity contribution < 1.29 is 30.8 Å². The highest BCUT2D eigenvalue weighted by molar-refractivity contribution is 8.00. The van der Waals surface area contributed by atoms with Crippen LogP contribution in [0.25, 0.3) is 0 Å². The van der Waals surface area contributed by atoms with Gasteiger partial charge in [0.05, 0.1) is 4.90 Å². The normalized spacial score (nSPS) is 12.0. The molecule has 0 atom stereocenters. The van der Waals surface area contributed by atoms with Gasteiger partial charge in [-0.3, -0.25) is 4.79 Å². The van der Waals surface area contributed by atoms with E-state index in [1.54, 1.807) is 0 Å². The first kappa shape index (κ1) is 19.3. The fourth-order valence-electron chi connectivity index (χ4n) is 1.84. The van der Waals surface area contributed by atoms with E-state index in [4.69, 9.17) is 0 Å². The highest BCUT2D eigenvalue weighted by Crippen LogP contribution is 2.39. The molecule has 0 bridgehead atoms. The molecule has 0 radical (unpaired) electrons. The van der Waals surface area contributed by atoms with Crippen LogP contribution in [0.1, 0.15) is 6.92 Å². The molecule has 0 aliphatic heterocycles. The SMILES string of the molecule is CC(=O)Nc1ccc(Sc2ccc(F)cc2S(=O)(=O)C(F)(F)F)cc1. The van der Waals surface area contributed by atoms with Crippen LogP contribution in [-0.4, -0.2) is 19.8 Å². The molecule has 0 aliphatic rings. The van der Waals surface area contributed by atoms with E-state index in [-0.39, 0.29) is 10.8 Å². The largest absolute Gasteiger partial charge is 0.501 e. The van der Waals surface area contributed by atoms with Crippen LogP contribution < -0.4 is 5.32 Å². The van der Waals surface area contributed by atoms with Crippen LogP contribution in [0.4, 0.5) is 23.2 Å². The maximum atomic E-state index is 13.3. The number of rotatable bonds is 4. The first-order valence-electron chi connectivity index (χ1n) is 6.67. The molecule has 0 saturated heterocycles. The number of alkyl halides is 3. The fraction of sp³-hybridized carbons (Fsp3) is 0.133. The summed E-state index contributed by atoms with van der Waals surface area (Å²) in [6.45, 7) is 1.31. The summed E-state index contributed by atoms with van der Waals surface area (Å²) in [5, 5.41) is 2.52. The van der Waals surface area contributed by atoms with Crippen LogP contribution in [0.3, 0.4) is 0 Å². The minimum Gasteiger partial charge on any atom is -0.326 e. The summed E-state index contributed by atoms with van der Waals surface area (Å²) >= 11 is 0.735. The Morgan fingerprint density at radius 3 is 2.20 bits per heavy atom. The summed E-state index contributed by atoms with van der Waals surface area (Å²) in [6, 6.07) is 8.18. The maximum absolute atomic E-state index is 13.3. The molecular weight excluding hydrogens is 382 g/mol. The van der Waals surface area contributed by atoms with Crippen molar-refractivity contribution >= 4 is 33.2 Å².